The number of aryl methyl sites for hydroxylation is 1. The fraction of sp³-hybridized carbons (Fsp3) is 0.417. The zero-order chi connectivity index (χ0) is 17.2. The third-order valence-electron chi connectivity index (χ3n) is 2.59. The van der Waals surface area contributed by atoms with E-state index in [1.165, 1.54) is 19.1 Å². The molecule has 2 N–H and O–H groups in total. The summed E-state index contributed by atoms with van der Waals surface area (Å²) in [6.07, 6.45) is -5.60. The third-order valence-corrected chi connectivity index (χ3v) is 4.05. The first kappa shape index (κ1) is 18.4. The predicted octanol–water partition coefficient (Wildman–Crippen LogP) is 1.09. The van der Waals surface area contributed by atoms with E-state index in [4.69, 9.17) is 0 Å². The van der Waals surface area contributed by atoms with Crippen LogP contribution in [0.15, 0.2) is 29.2 Å². The topological polar surface area (TPSA) is 92.7 Å². The van der Waals surface area contributed by atoms with E-state index in [1.54, 1.807) is 6.92 Å². The molecular formula is C12H14F3NO5S. The van der Waals surface area contributed by atoms with Gasteiger partial charge in [-0.1, -0.05) is 17.7 Å². The van der Waals surface area contributed by atoms with Gasteiger partial charge in [-0.2, -0.15) is 17.9 Å². The van der Waals surface area contributed by atoms with Crippen LogP contribution in [0.3, 0.4) is 0 Å². The van der Waals surface area contributed by atoms with Gasteiger partial charge in [0.25, 0.3) is 0 Å². The van der Waals surface area contributed by atoms with Crippen molar-refractivity contribution in [3.8, 4) is 0 Å². The molecular weight excluding hydrogens is 327 g/mol. The smallest absolute Gasteiger partial charge is 0.443 e. The molecule has 0 bridgehead atoms. The Kier molecular flexibility index (Phi) is 5.21. The summed E-state index contributed by atoms with van der Waals surface area (Å²) < 4.78 is 67.7. The van der Waals surface area contributed by atoms with E-state index in [1.807, 2.05) is 0 Å². The molecule has 1 rings (SSSR count). The average Bonchev–Trinajstić information content (AvgIpc) is 2.37. The molecule has 0 spiro atoms. The third kappa shape index (κ3) is 3.76. The molecule has 1 aromatic rings. The highest BCUT2D eigenvalue weighted by Crippen LogP contribution is 2.31. The molecule has 0 aliphatic heterocycles. The quantitative estimate of drug-likeness (QED) is 0.618. The Balaban J connectivity index is 3.24. The van der Waals surface area contributed by atoms with Gasteiger partial charge in [0.05, 0.1) is 11.5 Å². The summed E-state index contributed by atoms with van der Waals surface area (Å²) in [6, 6.07) is 4.79. The van der Waals surface area contributed by atoms with Crippen molar-refractivity contribution in [3.05, 3.63) is 29.8 Å². The Bertz CT molecular complexity index is 642. The Morgan fingerprint density at radius 1 is 1.27 bits per heavy atom. The molecule has 0 heterocycles. The van der Waals surface area contributed by atoms with Gasteiger partial charge >= 0.3 is 17.9 Å². The maximum absolute atomic E-state index is 12.9. The highest BCUT2D eigenvalue weighted by molar-refractivity contribution is 7.89. The van der Waals surface area contributed by atoms with Gasteiger partial charge in [0.2, 0.25) is 10.0 Å². The molecule has 22 heavy (non-hydrogen) atoms. The van der Waals surface area contributed by atoms with Crippen molar-refractivity contribution >= 4 is 16.0 Å². The molecule has 0 unspecified atom stereocenters. The maximum atomic E-state index is 12.9. The van der Waals surface area contributed by atoms with Crippen LogP contribution in [0, 0.1) is 6.92 Å². The second-order valence-corrected chi connectivity index (χ2v) is 6.03. The SMILES string of the molecule is CCOC(=O)[C@@](O)(NS(=O)(=O)c1ccc(C)cc1)C(F)(F)F. The van der Waals surface area contributed by atoms with Crippen LogP contribution in [0.4, 0.5) is 13.2 Å². The van der Waals surface area contributed by atoms with Crippen LogP contribution in [-0.4, -0.2) is 38.0 Å². The molecule has 0 aromatic heterocycles. The molecule has 0 aliphatic rings. The second-order valence-electron chi connectivity index (χ2n) is 4.35. The normalized spacial score (nSPS) is 15.2. The number of carbonyl (C=O) groups is 1. The molecule has 1 aromatic carbocycles. The minimum atomic E-state index is -5.60. The maximum Gasteiger partial charge on any atom is 0.443 e. The summed E-state index contributed by atoms with van der Waals surface area (Å²) >= 11 is 0. The predicted molar refractivity (Wildman–Crippen MR) is 69.1 cm³/mol. The number of esters is 1. The lowest BCUT2D eigenvalue weighted by Crippen LogP contribution is -2.64. The highest BCUT2D eigenvalue weighted by Gasteiger charge is 2.63. The van der Waals surface area contributed by atoms with Crippen molar-refractivity contribution in [2.75, 3.05) is 6.61 Å². The van der Waals surface area contributed by atoms with Crippen molar-refractivity contribution in [1.82, 2.24) is 4.72 Å². The van der Waals surface area contributed by atoms with Gasteiger partial charge in [0.1, 0.15) is 0 Å². The van der Waals surface area contributed by atoms with Crippen LogP contribution >= 0.6 is 0 Å². The van der Waals surface area contributed by atoms with Gasteiger partial charge in [-0.15, -0.1) is 0 Å². The van der Waals surface area contributed by atoms with Crippen molar-refractivity contribution in [2.45, 2.75) is 30.6 Å². The van der Waals surface area contributed by atoms with Crippen LogP contribution in [-0.2, 0) is 19.6 Å². The lowest BCUT2D eigenvalue weighted by atomic mass is 10.2. The number of benzene rings is 1. The van der Waals surface area contributed by atoms with Crippen LogP contribution in [0.5, 0.6) is 0 Å². The summed E-state index contributed by atoms with van der Waals surface area (Å²) in [5.74, 6) is -2.15. The zero-order valence-electron chi connectivity index (χ0n) is 11.6. The summed E-state index contributed by atoms with van der Waals surface area (Å²) in [7, 11) is -4.80. The number of alkyl halides is 3. The van der Waals surface area contributed by atoms with E-state index in [-0.39, 0.29) is 0 Å². The van der Waals surface area contributed by atoms with Crippen LogP contribution in [0.1, 0.15) is 12.5 Å². The summed E-state index contributed by atoms with van der Waals surface area (Å²) in [6.45, 7) is 2.39. The fourth-order valence-electron chi connectivity index (χ4n) is 1.42. The van der Waals surface area contributed by atoms with Crippen molar-refractivity contribution in [3.63, 3.8) is 0 Å². The second kappa shape index (κ2) is 6.23. The number of aliphatic hydroxyl groups is 1. The zero-order valence-corrected chi connectivity index (χ0v) is 12.5. The van der Waals surface area contributed by atoms with Gasteiger partial charge in [-0.3, -0.25) is 0 Å². The fourth-order valence-corrected chi connectivity index (χ4v) is 2.62. The standard InChI is InChI=1S/C12H14F3NO5S/c1-3-21-10(17)11(18,12(13,14)15)16-22(19,20)9-6-4-8(2)5-7-9/h4-7,16,18H,3H2,1-2H3/t11-/m0/s1. The number of hydrogen-bond acceptors (Lipinski definition) is 5. The number of nitrogens with one attached hydrogen (secondary N) is 1. The molecule has 0 radical (unpaired) electrons. The van der Waals surface area contributed by atoms with E-state index in [0.29, 0.717) is 5.56 Å². The Hall–Kier alpha value is -1.65. The highest BCUT2D eigenvalue weighted by atomic mass is 32.2. The van der Waals surface area contributed by atoms with E-state index >= 15 is 0 Å². The number of sulfonamides is 1. The number of ether oxygens (including phenoxy) is 1. The molecule has 0 amide bonds. The molecule has 124 valence electrons. The summed E-state index contributed by atoms with van der Waals surface area (Å²) in [5, 5.41) is 9.51. The minimum Gasteiger partial charge on any atom is -0.463 e. The van der Waals surface area contributed by atoms with E-state index in [2.05, 4.69) is 4.74 Å². The Morgan fingerprint density at radius 3 is 2.18 bits per heavy atom. The number of halogens is 3. The van der Waals surface area contributed by atoms with Gasteiger partial charge < -0.3 is 9.84 Å². The van der Waals surface area contributed by atoms with Gasteiger partial charge in [-0.25, -0.2) is 13.2 Å². The molecule has 0 aliphatic carbocycles. The number of hydrogen-bond donors (Lipinski definition) is 2. The first-order valence-corrected chi connectivity index (χ1v) is 7.49. The lowest BCUT2D eigenvalue weighted by molar-refractivity contribution is -0.266. The van der Waals surface area contributed by atoms with Crippen molar-refractivity contribution < 1.29 is 36.2 Å². The molecule has 6 nitrogen and oxygen atoms in total. The van der Waals surface area contributed by atoms with Crippen molar-refractivity contribution in [2.24, 2.45) is 0 Å². The molecule has 0 fully saturated rings. The van der Waals surface area contributed by atoms with E-state index < -0.39 is 39.4 Å². The van der Waals surface area contributed by atoms with E-state index in [0.717, 1.165) is 16.9 Å². The van der Waals surface area contributed by atoms with Crippen LogP contribution in [0.25, 0.3) is 0 Å². The van der Waals surface area contributed by atoms with Gasteiger partial charge in [0, 0.05) is 0 Å². The monoisotopic (exact) mass is 341 g/mol. The summed E-state index contributed by atoms with van der Waals surface area (Å²) in [5.41, 5.74) is -3.69. The first-order valence-electron chi connectivity index (χ1n) is 6.01. The van der Waals surface area contributed by atoms with Crippen molar-refractivity contribution in [1.29, 1.82) is 0 Å². The average molecular weight is 341 g/mol. The molecule has 0 saturated carbocycles. The molecule has 0 saturated heterocycles. The van der Waals surface area contributed by atoms with E-state index in [9.17, 15) is 31.5 Å². The number of rotatable bonds is 5. The molecule has 1 atom stereocenters. The minimum absolute atomic E-state index is 0.469. The first-order chi connectivity index (χ1) is 9.94. The van der Waals surface area contributed by atoms with Crippen LogP contribution < -0.4 is 4.72 Å². The lowest BCUT2D eigenvalue weighted by Gasteiger charge is -2.28. The summed E-state index contributed by atoms with van der Waals surface area (Å²) in [4.78, 5) is 10.8. The van der Waals surface area contributed by atoms with Gasteiger partial charge in [0.15, 0.2) is 0 Å². The van der Waals surface area contributed by atoms with Crippen LogP contribution in [0.2, 0.25) is 0 Å². The van der Waals surface area contributed by atoms with Gasteiger partial charge in [-0.05, 0) is 26.0 Å². The number of carbonyl (C=O) groups excluding carboxylic acids is 1. The molecule has 10 heteroatoms. The Morgan fingerprint density at radius 2 is 1.77 bits per heavy atom. The Labute approximate surface area is 124 Å². The largest absolute Gasteiger partial charge is 0.463 e.